The van der Waals surface area contributed by atoms with Crippen LogP contribution in [0, 0.1) is 12.8 Å². The summed E-state index contributed by atoms with van der Waals surface area (Å²) < 4.78 is 6.09. The van der Waals surface area contributed by atoms with Crippen LogP contribution < -0.4 is 10.1 Å². The molecule has 6 nitrogen and oxygen atoms in total. The van der Waals surface area contributed by atoms with Gasteiger partial charge in [-0.3, -0.25) is 9.59 Å². The highest BCUT2D eigenvalue weighted by Gasteiger charge is 2.32. The highest BCUT2D eigenvalue weighted by molar-refractivity contribution is 7.09. The van der Waals surface area contributed by atoms with Crippen LogP contribution in [0.1, 0.15) is 71.0 Å². The number of hydrogen-bond acceptors (Lipinski definition) is 5. The van der Waals surface area contributed by atoms with Crippen molar-refractivity contribution in [3.8, 4) is 5.75 Å². The number of nitrogens with one attached hydrogen (secondary N) is 1. The summed E-state index contributed by atoms with van der Waals surface area (Å²) in [5, 5.41) is 5.26. The molecule has 3 aromatic rings. The largest absolute Gasteiger partial charge is 0.486 e. The molecule has 1 atom stereocenters. The number of carbonyl (C=O) groups excluding carboxylic acids is 2. The maximum Gasteiger partial charge on any atom is 0.270 e. The van der Waals surface area contributed by atoms with E-state index >= 15 is 0 Å². The Hall–Kier alpha value is -3.19. The van der Waals surface area contributed by atoms with Crippen LogP contribution in [-0.2, 0) is 17.8 Å². The molecular weight excluding hydrogens is 458 g/mol. The first kappa shape index (κ1) is 24.9. The van der Waals surface area contributed by atoms with Gasteiger partial charge < -0.3 is 15.0 Å². The number of amides is 2. The highest BCUT2D eigenvalue weighted by Crippen LogP contribution is 2.38. The zero-order valence-electron chi connectivity index (χ0n) is 20.8. The van der Waals surface area contributed by atoms with Crippen molar-refractivity contribution in [3.63, 3.8) is 0 Å². The lowest BCUT2D eigenvalue weighted by atomic mass is 9.87. The Balaban J connectivity index is 1.59. The molecule has 4 rings (SSSR count). The van der Waals surface area contributed by atoms with Crippen molar-refractivity contribution in [2.75, 3.05) is 13.1 Å². The third-order valence-electron chi connectivity index (χ3n) is 6.13. The first-order valence-corrected chi connectivity index (χ1v) is 13.1. The van der Waals surface area contributed by atoms with Crippen LogP contribution in [-0.4, -0.2) is 34.8 Å². The van der Waals surface area contributed by atoms with Gasteiger partial charge in [-0.2, -0.15) is 0 Å². The topological polar surface area (TPSA) is 71.5 Å². The molecule has 1 unspecified atom stereocenters. The fraction of sp³-hybridized carbons (Fsp3) is 0.393. The second-order valence-corrected chi connectivity index (χ2v) is 10.3. The number of thiazole rings is 1. The molecule has 0 saturated carbocycles. The minimum Gasteiger partial charge on any atom is -0.486 e. The van der Waals surface area contributed by atoms with E-state index in [0.29, 0.717) is 31.1 Å². The third kappa shape index (κ3) is 5.90. The van der Waals surface area contributed by atoms with E-state index in [4.69, 9.17) is 4.74 Å². The zero-order chi connectivity index (χ0) is 24.9. The van der Waals surface area contributed by atoms with Gasteiger partial charge >= 0.3 is 0 Å². The van der Waals surface area contributed by atoms with Crippen molar-refractivity contribution in [2.45, 2.75) is 53.2 Å². The molecule has 0 fully saturated rings. The van der Waals surface area contributed by atoms with E-state index in [1.807, 2.05) is 17.9 Å². The number of aryl methyl sites for hydroxylation is 1. The van der Waals surface area contributed by atoms with Gasteiger partial charge in [-0.05, 0) is 55.0 Å². The van der Waals surface area contributed by atoms with Crippen molar-refractivity contribution in [1.29, 1.82) is 0 Å². The molecule has 0 saturated heterocycles. The average Bonchev–Trinajstić information content (AvgIpc) is 3.31. The highest BCUT2D eigenvalue weighted by atomic mass is 32.1. The molecule has 1 aliphatic heterocycles. The Morgan fingerprint density at radius 3 is 2.69 bits per heavy atom. The predicted octanol–water partition coefficient (Wildman–Crippen LogP) is 5.30. The molecule has 0 bridgehead atoms. The van der Waals surface area contributed by atoms with Gasteiger partial charge in [0.05, 0.1) is 6.04 Å². The van der Waals surface area contributed by atoms with E-state index in [-0.39, 0.29) is 24.5 Å². The zero-order valence-corrected chi connectivity index (χ0v) is 21.7. The van der Waals surface area contributed by atoms with E-state index in [0.717, 1.165) is 28.3 Å². The van der Waals surface area contributed by atoms with Crippen LogP contribution in [0.3, 0.4) is 0 Å². The van der Waals surface area contributed by atoms with Gasteiger partial charge in [-0.1, -0.05) is 49.7 Å². The Kier molecular flexibility index (Phi) is 7.86. The third-order valence-corrected chi connectivity index (χ3v) is 6.95. The molecule has 2 heterocycles. The summed E-state index contributed by atoms with van der Waals surface area (Å²) in [7, 11) is 0. The van der Waals surface area contributed by atoms with Crippen LogP contribution in [0.5, 0.6) is 5.75 Å². The normalized spacial score (nSPS) is 15.1. The lowest BCUT2D eigenvalue weighted by Gasteiger charge is -2.38. The lowest BCUT2D eigenvalue weighted by Crippen LogP contribution is -2.41. The molecule has 35 heavy (non-hydrogen) atoms. The van der Waals surface area contributed by atoms with Crippen LogP contribution in [0.2, 0.25) is 0 Å². The average molecular weight is 492 g/mol. The molecule has 0 radical (unpaired) electrons. The van der Waals surface area contributed by atoms with Crippen molar-refractivity contribution < 1.29 is 14.3 Å². The fourth-order valence-electron chi connectivity index (χ4n) is 4.40. The van der Waals surface area contributed by atoms with E-state index in [1.165, 1.54) is 22.5 Å². The van der Waals surface area contributed by atoms with Crippen molar-refractivity contribution in [3.05, 3.63) is 80.8 Å². The van der Waals surface area contributed by atoms with Gasteiger partial charge in [0, 0.05) is 24.9 Å². The number of carbonyl (C=O) groups is 2. The molecular formula is C28H33N3O3S. The van der Waals surface area contributed by atoms with Gasteiger partial charge in [-0.15, -0.1) is 11.3 Å². The van der Waals surface area contributed by atoms with Gasteiger partial charge in [0.2, 0.25) is 5.91 Å². The molecule has 0 aliphatic carbocycles. The summed E-state index contributed by atoms with van der Waals surface area (Å²) >= 11 is 1.41. The Labute approximate surface area is 211 Å². The first-order chi connectivity index (χ1) is 16.9. The molecule has 1 aliphatic rings. The fourth-order valence-corrected chi connectivity index (χ4v) is 5.09. The van der Waals surface area contributed by atoms with Crippen LogP contribution in [0.15, 0.2) is 47.8 Å². The summed E-state index contributed by atoms with van der Waals surface area (Å²) in [6.07, 6.45) is 1.36. The predicted molar refractivity (Wildman–Crippen MR) is 139 cm³/mol. The Morgan fingerprint density at radius 1 is 1.20 bits per heavy atom. The van der Waals surface area contributed by atoms with Crippen molar-refractivity contribution in [2.24, 2.45) is 5.92 Å². The van der Waals surface area contributed by atoms with Crippen LogP contribution in [0.4, 0.5) is 0 Å². The Bertz CT molecular complexity index is 1190. The number of rotatable bonds is 8. The SMILES string of the molecule is CCNC(=O)c1csc(COc2ccc3c(c2)C(c2ccc(C)cc2)N(C(=O)CC(C)C)CC3)n1. The standard InChI is InChI=1S/C28H33N3O3S/c1-5-29-28(33)24-17-35-25(30-24)16-34-22-11-10-20-12-13-31(26(32)14-18(2)3)27(23(20)15-22)21-8-6-19(4)7-9-21/h6-11,15,17-18,27H,5,12-14,16H2,1-4H3,(H,29,33). The summed E-state index contributed by atoms with van der Waals surface area (Å²) in [5.74, 6) is 1.05. The van der Waals surface area contributed by atoms with Crippen molar-refractivity contribution >= 4 is 23.2 Å². The van der Waals surface area contributed by atoms with E-state index in [1.54, 1.807) is 5.38 Å². The molecule has 7 heteroatoms. The minimum absolute atomic E-state index is 0.140. The molecule has 2 amide bonds. The molecule has 1 N–H and O–H groups in total. The number of nitrogens with zero attached hydrogens (tertiary/aromatic N) is 2. The summed E-state index contributed by atoms with van der Waals surface area (Å²) in [6, 6.07) is 14.5. The number of ether oxygens (including phenoxy) is 1. The minimum atomic E-state index is -0.170. The quantitative estimate of drug-likeness (QED) is 0.464. The number of benzene rings is 2. The van der Waals surface area contributed by atoms with Crippen LogP contribution >= 0.6 is 11.3 Å². The lowest BCUT2D eigenvalue weighted by molar-refractivity contribution is -0.134. The monoisotopic (exact) mass is 491 g/mol. The molecule has 1 aromatic heterocycles. The summed E-state index contributed by atoms with van der Waals surface area (Å²) in [6.45, 7) is 9.67. The molecule has 0 spiro atoms. The van der Waals surface area contributed by atoms with Gasteiger partial charge in [0.25, 0.3) is 5.91 Å². The van der Waals surface area contributed by atoms with E-state index in [9.17, 15) is 9.59 Å². The molecule has 184 valence electrons. The first-order valence-electron chi connectivity index (χ1n) is 12.2. The van der Waals surface area contributed by atoms with E-state index < -0.39 is 0 Å². The second kappa shape index (κ2) is 11.0. The number of aromatic nitrogens is 1. The Morgan fingerprint density at radius 2 is 1.97 bits per heavy atom. The maximum absolute atomic E-state index is 13.2. The van der Waals surface area contributed by atoms with Crippen molar-refractivity contribution in [1.82, 2.24) is 15.2 Å². The number of fused-ring (bicyclic) bond motifs is 1. The smallest absolute Gasteiger partial charge is 0.270 e. The van der Waals surface area contributed by atoms with Crippen LogP contribution in [0.25, 0.3) is 0 Å². The van der Waals surface area contributed by atoms with Gasteiger partial charge in [0.1, 0.15) is 23.1 Å². The van der Waals surface area contributed by atoms with Gasteiger partial charge in [-0.25, -0.2) is 4.98 Å². The summed E-state index contributed by atoms with van der Waals surface area (Å²) in [5.41, 5.74) is 5.07. The maximum atomic E-state index is 13.2. The van der Waals surface area contributed by atoms with E-state index in [2.05, 4.69) is 67.5 Å². The van der Waals surface area contributed by atoms with Gasteiger partial charge in [0.15, 0.2) is 0 Å². The summed E-state index contributed by atoms with van der Waals surface area (Å²) in [4.78, 5) is 31.6. The second-order valence-electron chi connectivity index (χ2n) is 9.38. The molecule has 2 aromatic carbocycles. The number of hydrogen-bond donors (Lipinski definition) is 1.